The van der Waals surface area contributed by atoms with E-state index in [1.165, 1.54) is 12.0 Å². The van der Waals surface area contributed by atoms with Crippen LogP contribution in [0.5, 0.6) is 0 Å². The maximum atomic E-state index is 6.23. The minimum absolute atomic E-state index is 0.548. The van der Waals surface area contributed by atoms with Crippen LogP contribution in [0.3, 0.4) is 0 Å². The molecule has 0 aromatic heterocycles. The van der Waals surface area contributed by atoms with Crippen LogP contribution in [0.2, 0.25) is 0 Å². The van der Waals surface area contributed by atoms with Crippen molar-refractivity contribution in [3.63, 3.8) is 0 Å². The number of unbranched alkanes of at least 4 members (excludes halogenated alkanes) is 1. The zero-order chi connectivity index (χ0) is 16.6. The molecule has 1 aliphatic heterocycles. The molecule has 1 heterocycles. The van der Waals surface area contributed by atoms with Gasteiger partial charge in [-0.05, 0) is 38.4 Å². The topological polar surface area (TPSA) is 40.1 Å². The third-order valence-electron chi connectivity index (χ3n) is 4.20. The molecule has 0 saturated heterocycles. The Morgan fingerprint density at radius 2 is 1.91 bits per heavy atom. The third-order valence-corrected chi connectivity index (χ3v) is 4.20. The molecule has 5 heteroatoms. The van der Waals surface area contributed by atoms with Crippen molar-refractivity contribution in [1.29, 1.82) is 0 Å². The normalized spacial score (nSPS) is 21.4. The molecule has 1 unspecified atom stereocenters. The molecule has 0 saturated carbocycles. The average Bonchev–Trinajstić information content (AvgIpc) is 2.50. The van der Waals surface area contributed by atoms with Gasteiger partial charge in [-0.25, -0.2) is 4.99 Å². The molecular weight excluding hydrogens is 276 g/mol. The first-order valence-electron chi connectivity index (χ1n) is 8.56. The highest BCUT2D eigenvalue weighted by Crippen LogP contribution is 2.29. The molecule has 22 heavy (non-hydrogen) atoms. The predicted octanol–water partition coefficient (Wildman–Crippen LogP) is 2.66. The number of hydrogen-bond acceptors (Lipinski definition) is 5. The maximum absolute atomic E-state index is 6.23. The van der Waals surface area contributed by atoms with Crippen molar-refractivity contribution in [3.8, 4) is 0 Å². The number of rotatable bonds is 9. The minimum atomic E-state index is -0.548. The van der Waals surface area contributed by atoms with Crippen LogP contribution in [-0.2, 0) is 4.74 Å². The smallest absolute Gasteiger partial charge is 0.200 e. The molecule has 1 atom stereocenters. The van der Waals surface area contributed by atoms with Gasteiger partial charge in [0.15, 0.2) is 5.72 Å². The molecule has 0 fully saturated rings. The zero-order valence-electron chi connectivity index (χ0n) is 15.3. The summed E-state index contributed by atoms with van der Waals surface area (Å²) in [7, 11) is 3.99. The quantitative estimate of drug-likeness (QED) is 0.711. The third kappa shape index (κ3) is 5.29. The van der Waals surface area contributed by atoms with E-state index in [0.29, 0.717) is 6.61 Å². The van der Waals surface area contributed by atoms with Gasteiger partial charge in [-0.3, -0.25) is 0 Å². The SMILES string of the molecule is CCCCC1=CNC(N(C)C)=NC1(C)OCCN(CC)CC. The summed E-state index contributed by atoms with van der Waals surface area (Å²) >= 11 is 0. The van der Waals surface area contributed by atoms with E-state index in [-0.39, 0.29) is 0 Å². The Hall–Kier alpha value is -1.07. The first-order valence-corrected chi connectivity index (χ1v) is 8.56. The molecule has 1 aliphatic rings. The van der Waals surface area contributed by atoms with E-state index < -0.39 is 5.72 Å². The fourth-order valence-electron chi connectivity index (χ4n) is 2.53. The van der Waals surface area contributed by atoms with Crippen molar-refractivity contribution in [1.82, 2.24) is 15.1 Å². The highest BCUT2D eigenvalue weighted by Gasteiger charge is 2.32. The molecule has 0 aliphatic carbocycles. The molecule has 0 amide bonds. The second kappa shape index (κ2) is 9.16. The van der Waals surface area contributed by atoms with Gasteiger partial charge in [0, 0.05) is 26.8 Å². The van der Waals surface area contributed by atoms with Gasteiger partial charge < -0.3 is 19.9 Å². The number of ether oxygens (including phenoxy) is 1. The van der Waals surface area contributed by atoms with Gasteiger partial charge in [0.2, 0.25) is 5.96 Å². The highest BCUT2D eigenvalue weighted by molar-refractivity contribution is 5.82. The van der Waals surface area contributed by atoms with Crippen molar-refractivity contribution >= 4 is 5.96 Å². The lowest BCUT2D eigenvalue weighted by Gasteiger charge is -2.35. The molecule has 0 aromatic carbocycles. The summed E-state index contributed by atoms with van der Waals surface area (Å²) in [6.07, 6.45) is 5.44. The maximum Gasteiger partial charge on any atom is 0.200 e. The van der Waals surface area contributed by atoms with E-state index in [0.717, 1.165) is 38.4 Å². The van der Waals surface area contributed by atoms with E-state index in [1.54, 1.807) is 0 Å². The Kier molecular flexibility index (Phi) is 7.90. The number of likely N-dealkylation sites (N-methyl/N-ethyl adjacent to an activating group) is 1. The molecule has 1 N–H and O–H groups in total. The van der Waals surface area contributed by atoms with Gasteiger partial charge >= 0.3 is 0 Å². The number of aliphatic imine (C=N–C) groups is 1. The highest BCUT2D eigenvalue weighted by atomic mass is 16.5. The Morgan fingerprint density at radius 1 is 1.23 bits per heavy atom. The first kappa shape index (κ1) is 19.0. The molecule has 0 bridgehead atoms. The fourth-order valence-corrected chi connectivity index (χ4v) is 2.53. The van der Waals surface area contributed by atoms with Gasteiger partial charge in [-0.1, -0.05) is 27.2 Å². The molecular formula is C17H34N4O. The summed E-state index contributed by atoms with van der Waals surface area (Å²) in [5, 5.41) is 3.28. The Morgan fingerprint density at radius 3 is 2.45 bits per heavy atom. The minimum Gasteiger partial charge on any atom is -0.349 e. The van der Waals surface area contributed by atoms with E-state index in [2.05, 4.69) is 44.1 Å². The van der Waals surface area contributed by atoms with Crippen molar-refractivity contribution < 1.29 is 4.74 Å². The largest absolute Gasteiger partial charge is 0.349 e. The van der Waals surface area contributed by atoms with Crippen LogP contribution < -0.4 is 5.32 Å². The second-order valence-corrected chi connectivity index (χ2v) is 6.11. The van der Waals surface area contributed by atoms with Crippen LogP contribution in [0.25, 0.3) is 0 Å². The second-order valence-electron chi connectivity index (χ2n) is 6.11. The Labute approximate surface area is 136 Å². The van der Waals surface area contributed by atoms with E-state index in [1.807, 2.05) is 19.0 Å². The summed E-state index contributed by atoms with van der Waals surface area (Å²) in [5.41, 5.74) is 0.687. The summed E-state index contributed by atoms with van der Waals surface area (Å²) in [6.45, 7) is 12.4. The average molecular weight is 310 g/mol. The van der Waals surface area contributed by atoms with Gasteiger partial charge in [0.05, 0.1) is 6.61 Å². The summed E-state index contributed by atoms with van der Waals surface area (Å²) in [5.74, 6) is 0.852. The van der Waals surface area contributed by atoms with Crippen molar-refractivity contribution in [3.05, 3.63) is 11.8 Å². The molecule has 1 rings (SSSR count). The number of guanidine groups is 1. The van der Waals surface area contributed by atoms with Gasteiger partial charge in [0.25, 0.3) is 0 Å². The van der Waals surface area contributed by atoms with E-state index >= 15 is 0 Å². The Balaban J connectivity index is 2.75. The summed E-state index contributed by atoms with van der Waals surface area (Å²) in [6, 6.07) is 0. The lowest BCUT2D eigenvalue weighted by molar-refractivity contribution is -0.0110. The van der Waals surface area contributed by atoms with Gasteiger partial charge in [-0.2, -0.15) is 0 Å². The lowest BCUT2D eigenvalue weighted by atomic mass is 9.99. The van der Waals surface area contributed by atoms with E-state index in [4.69, 9.17) is 9.73 Å². The summed E-state index contributed by atoms with van der Waals surface area (Å²) < 4.78 is 6.23. The summed E-state index contributed by atoms with van der Waals surface area (Å²) in [4.78, 5) is 9.18. The van der Waals surface area contributed by atoms with Gasteiger partial charge in [-0.15, -0.1) is 0 Å². The number of nitrogens with one attached hydrogen (secondary N) is 1. The number of nitrogens with zero attached hydrogens (tertiary/aromatic N) is 3. The predicted molar refractivity (Wildman–Crippen MR) is 94.0 cm³/mol. The van der Waals surface area contributed by atoms with Crippen molar-refractivity contribution in [2.24, 2.45) is 4.99 Å². The van der Waals surface area contributed by atoms with Crippen LogP contribution in [-0.4, -0.2) is 61.8 Å². The van der Waals surface area contributed by atoms with E-state index in [9.17, 15) is 0 Å². The van der Waals surface area contributed by atoms with Crippen molar-refractivity contribution in [2.45, 2.75) is 52.7 Å². The number of hydrogen-bond donors (Lipinski definition) is 1. The van der Waals surface area contributed by atoms with Crippen LogP contribution in [0.4, 0.5) is 0 Å². The monoisotopic (exact) mass is 310 g/mol. The first-order chi connectivity index (χ1) is 10.5. The lowest BCUT2D eigenvalue weighted by Crippen LogP contribution is -2.44. The standard InChI is InChI=1S/C17H34N4O/c1-7-10-11-15-14-18-16(20(5)6)19-17(15,4)22-13-12-21(8-2)9-3/h14H,7-13H2,1-6H3,(H,18,19). The molecule has 128 valence electrons. The van der Waals surface area contributed by atoms with Crippen LogP contribution in [0, 0.1) is 0 Å². The van der Waals surface area contributed by atoms with Crippen LogP contribution in [0.15, 0.2) is 16.8 Å². The van der Waals surface area contributed by atoms with Crippen molar-refractivity contribution in [2.75, 3.05) is 40.3 Å². The molecule has 0 spiro atoms. The fraction of sp³-hybridized carbons (Fsp3) is 0.824. The zero-order valence-corrected chi connectivity index (χ0v) is 15.3. The van der Waals surface area contributed by atoms with Crippen LogP contribution in [0.1, 0.15) is 47.0 Å². The molecule has 0 aromatic rings. The van der Waals surface area contributed by atoms with Crippen LogP contribution >= 0.6 is 0 Å². The van der Waals surface area contributed by atoms with Gasteiger partial charge in [0.1, 0.15) is 0 Å². The Bertz CT molecular complexity index is 388. The molecule has 5 nitrogen and oxygen atoms in total. The molecule has 0 radical (unpaired) electrons.